The molecule has 3 aromatic carbocycles. The molecule has 166 valence electrons. The Balaban J connectivity index is 1.50. The van der Waals surface area contributed by atoms with Gasteiger partial charge in [-0.1, -0.05) is 29.8 Å². The fourth-order valence-electron chi connectivity index (χ4n) is 3.90. The second-order valence-corrected chi connectivity index (χ2v) is 9.82. The summed E-state index contributed by atoms with van der Waals surface area (Å²) < 4.78 is 0.957. The predicted molar refractivity (Wildman–Crippen MR) is 138 cm³/mol. The van der Waals surface area contributed by atoms with E-state index in [0.717, 1.165) is 41.2 Å². The van der Waals surface area contributed by atoms with E-state index in [0.29, 0.717) is 16.3 Å². The Hall–Kier alpha value is -2.54. The minimum absolute atomic E-state index is 0.0598. The minimum atomic E-state index is -0.182. The molecule has 32 heavy (non-hydrogen) atoms. The van der Waals surface area contributed by atoms with Gasteiger partial charge < -0.3 is 20.9 Å². The molecular weight excluding hydrogens is 488 g/mol. The molecule has 0 aliphatic carbocycles. The van der Waals surface area contributed by atoms with E-state index in [-0.39, 0.29) is 11.4 Å². The molecule has 0 atom stereocenters. The second-order valence-electron chi connectivity index (χ2n) is 8.53. The number of amides is 1. The van der Waals surface area contributed by atoms with Crippen LogP contribution in [0.4, 0.5) is 22.7 Å². The highest BCUT2D eigenvalue weighted by atomic mass is 79.9. The molecular formula is C25H26BrClN4O. The lowest BCUT2D eigenvalue weighted by Crippen LogP contribution is -2.57. The maximum Gasteiger partial charge on any atom is 0.257 e. The van der Waals surface area contributed by atoms with Crippen LogP contribution in [0.25, 0.3) is 0 Å². The second kappa shape index (κ2) is 9.53. The van der Waals surface area contributed by atoms with Gasteiger partial charge in [0.05, 0.1) is 16.9 Å². The van der Waals surface area contributed by atoms with Crippen LogP contribution < -0.4 is 20.9 Å². The molecule has 3 aromatic rings. The summed E-state index contributed by atoms with van der Waals surface area (Å²) in [4.78, 5) is 15.4. The first-order valence-corrected chi connectivity index (χ1v) is 11.7. The van der Waals surface area contributed by atoms with Crippen molar-refractivity contribution in [3.8, 4) is 0 Å². The maximum atomic E-state index is 13.1. The molecule has 1 heterocycles. The number of carbonyl (C=O) groups is 1. The van der Waals surface area contributed by atoms with Crippen LogP contribution in [0.1, 0.15) is 24.2 Å². The molecule has 0 saturated carbocycles. The zero-order valence-corrected chi connectivity index (χ0v) is 20.4. The summed E-state index contributed by atoms with van der Waals surface area (Å²) in [5, 5.41) is 10.5. The number of benzene rings is 3. The smallest absolute Gasteiger partial charge is 0.257 e. The van der Waals surface area contributed by atoms with Crippen LogP contribution in [0.2, 0.25) is 5.02 Å². The first kappa shape index (κ1) is 22.6. The SMILES string of the molecule is CC1(C)CN(c2ccc(NC(=O)c3ccccc3Nc3cccc(Cl)c3)cc2Br)CCN1. The number of carbonyl (C=O) groups excluding carboxylic acids is 1. The molecule has 0 bridgehead atoms. The zero-order valence-electron chi connectivity index (χ0n) is 18.1. The van der Waals surface area contributed by atoms with Gasteiger partial charge in [-0.15, -0.1) is 0 Å². The lowest BCUT2D eigenvalue weighted by molar-refractivity contribution is 0.102. The van der Waals surface area contributed by atoms with Gasteiger partial charge in [0.15, 0.2) is 0 Å². The number of hydrogen-bond donors (Lipinski definition) is 3. The van der Waals surface area contributed by atoms with Crippen molar-refractivity contribution in [2.75, 3.05) is 35.2 Å². The Kier molecular flexibility index (Phi) is 6.74. The van der Waals surface area contributed by atoms with Crippen molar-refractivity contribution in [1.82, 2.24) is 5.32 Å². The van der Waals surface area contributed by atoms with E-state index < -0.39 is 0 Å². The van der Waals surface area contributed by atoms with Gasteiger partial charge >= 0.3 is 0 Å². The Labute approximate surface area is 202 Å². The lowest BCUT2D eigenvalue weighted by atomic mass is 10.0. The van der Waals surface area contributed by atoms with Crippen LogP contribution >= 0.6 is 27.5 Å². The van der Waals surface area contributed by atoms with Crippen LogP contribution in [0.3, 0.4) is 0 Å². The standard InChI is InChI=1S/C25H26BrClN4O/c1-25(2)16-31(13-12-28-25)23-11-10-19(15-21(23)26)30-24(32)20-8-3-4-9-22(20)29-18-7-5-6-17(27)14-18/h3-11,14-15,28-29H,12-13,16H2,1-2H3,(H,30,32). The summed E-state index contributed by atoms with van der Waals surface area (Å²) in [7, 11) is 0. The van der Waals surface area contributed by atoms with Gasteiger partial charge in [0.1, 0.15) is 0 Å². The van der Waals surface area contributed by atoms with E-state index in [4.69, 9.17) is 11.6 Å². The van der Waals surface area contributed by atoms with Crippen molar-refractivity contribution in [3.05, 3.63) is 81.8 Å². The van der Waals surface area contributed by atoms with E-state index >= 15 is 0 Å². The number of nitrogens with one attached hydrogen (secondary N) is 3. The number of rotatable bonds is 5. The molecule has 0 radical (unpaired) electrons. The number of piperazine rings is 1. The Morgan fingerprint density at radius 2 is 1.88 bits per heavy atom. The lowest BCUT2D eigenvalue weighted by Gasteiger charge is -2.40. The van der Waals surface area contributed by atoms with Crippen molar-refractivity contribution in [3.63, 3.8) is 0 Å². The van der Waals surface area contributed by atoms with Gasteiger partial charge in [0.2, 0.25) is 0 Å². The fourth-order valence-corrected chi connectivity index (χ4v) is 4.72. The summed E-state index contributed by atoms with van der Waals surface area (Å²) in [6.45, 7) is 7.21. The van der Waals surface area contributed by atoms with E-state index in [1.807, 2.05) is 54.6 Å². The monoisotopic (exact) mass is 512 g/mol. The predicted octanol–water partition coefficient (Wildman–Crippen LogP) is 6.29. The van der Waals surface area contributed by atoms with Gasteiger partial charge in [-0.2, -0.15) is 0 Å². The number of halogens is 2. The van der Waals surface area contributed by atoms with E-state index in [1.54, 1.807) is 6.07 Å². The highest BCUT2D eigenvalue weighted by molar-refractivity contribution is 9.10. The Morgan fingerprint density at radius 3 is 2.62 bits per heavy atom. The molecule has 5 nitrogen and oxygen atoms in total. The molecule has 7 heteroatoms. The van der Waals surface area contributed by atoms with Crippen molar-refractivity contribution in [2.24, 2.45) is 0 Å². The minimum Gasteiger partial charge on any atom is -0.368 e. The quantitative estimate of drug-likeness (QED) is 0.375. The summed E-state index contributed by atoms with van der Waals surface area (Å²) in [6.07, 6.45) is 0. The number of anilines is 4. The Morgan fingerprint density at radius 1 is 1.06 bits per heavy atom. The summed E-state index contributed by atoms with van der Waals surface area (Å²) >= 11 is 9.78. The summed E-state index contributed by atoms with van der Waals surface area (Å²) in [5.41, 5.74) is 4.01. The third-order valence-corrected chi connectivity index (χ3v) is 6.26. The normalized spacial score (nSPS) is 15.3. The molecule has 1 aliphatic heterocycles. The third kappa shape index (κ3) is 5.44. The van der Waals surface area contributed by atoms with Crippen LogP contribution in [-0.4, -0.2) is 31.1 Å². The average Bonchev–Trinajstić information content (AvgIpc) is 2.73. The molecule has 1 aliphatic rings. The maximum absolute atomic E-state index is 13.1. The van der Waals surface area contributed by atoms with Crippen molar-refractivity contribution in [2.45, 2.75) is 19.4 Å². The molecule has 0 unspecified atom stereocenters. The first-order chi connectivity index (χ1) is 15.3. The molecule has 0 spiro atoms. The number of para-hydroxylation sites is 1. The first-order valence-electron chi connectivity index (χ1n) is 10.5. The third-order valence-electron chi connectivity index (χ3n) is 5.39. The number of hydrogen-bond acceptors (Lipinski definition) is 4. The summed E-state index contributed by atoms with van der Waals surface area (Å²) in [5.74, 6) is -0.182. The van der Waals surface area contributed by atoms with Gasteiger partial charge in [-0.05, 0) is 78.3 Å². The van der Waals surface area contributed by atoms with Crippen LogP contribution in [-0.2, 0) is 0 Å². The van der Waals surface area contributed by atoms with Gasteiger partial charge in [0.25, 0.3) is 5.91 Å². The number of nitrogens with zero attached hydrogens (tertiary/aromatic N) is 1. The van der Waals surface area contributed by atoms with Crippen LogP contribution in [0.15, 0.2) is 71.2 Å². The molecule has 3 N–H and O–H groups in total. The van der Waals surface area contributed by atoms with Crippen molar-refractivity contribution < 1.29 is 4.79 Å². The zero-order chi connectivity index (χ0) is 22.7. The van der Waals surface area contributed by atoms with E-state index in [2.05, 4.69) is 56.7 Å². The Bertz CT molecular complexity index is 1130. The molecule has 4 rings (SSSR count). The average molecular weight is 514 g/mol. The molecule has 1 amide bonds. The molecule has 1 fully saturated rings. The molecule has 0 aromatic heterocycles. The fraction of sp³-hybridized carbons (Fsp3) is 0.240. The van der Waals surface area contributed by atoms with E-state index in [9.17, 15) is 4.79 Å². The van der Waals surface area contributed by atoms with Gasteiger partial charge in [0, 0.05) is 46.0 Å². The molecule has 1 saturated heterocycles. The van der Waals surface area contributed by atoms with E-state index in [1.165, 1.54) is 0 Å². The van der Waals surface area contributed by atoms with Crippen molar-refractivity contribution in [1.29, 1.82) is 0 Å². The van der Waals surface area contributed by atoms with Crippen LogP contribution in [0.5, 0.6) is 0 Å². The highest BCUT2D eigenvalue weighted by Crippen LogP contribution is 2.32. The largest absolute Gasteiger partial charge is 0.368 e. The summed E-state index contributed by atoms with van der Waals surface area (Å²) in [6, 6.07) is 20.8. The topological polar surface area (TPSA) is 56.4 Å². The highest BCUT2D eigenvalue weighted by Gasteiger charge is 2.26. The van der Waals surface area contributed by atoms with Crippen LogP contribution in [0, 0.1) is 0 Å². The van der Waals surface area contributed by atoms with Crippen molar-refractivity contribution >= 4 is 56.2 Å². The van der Waals surface area contributed by atoms with Gasteiger partial charge in [-0.25, -0.2) is 0 Å². The van der Waals surface area contributed by atoms with Gasteiger partial charge in [-0.3, -0.25) is 4.79 Å².